The lowest BCUT2D eigenvalue weighted by atomic mass is 9.50. The topological polar surface area (TPSA) is 30.0 Å². The van der Waals surface area contributed by atoms with E-state index < -0.39 is 0 Å². The van der Waals surface area contributed by atoms with Gasteiger partial charge in [0.25, 0.3) is 0 Å². The van der Waals surface area contributed by atoms with Gasteiger partial charge in [-0.05, 0) is 41.1 Å². The Kier molecular flexibility index (Phi) is 4.37. The van der Waals surface area contributed by atoms with Crippen LogP contribution in [0.25, 0.3) is 0 Å². The molecule has 2 aliphatic rings. The van der Waals surface area contributed by atoms with E-state index in [4.69, 9.17) is 11.6 Å². The van der Waals surface area contributed by atoms with Crippen LogP contribution in [0, 0.1) is 5.92 Å². The number of nitrogens with zero attached hydrogens (tertiary/aromatic N) is 1. The second kappa shape index (κ2) is 6.00. The molecule has 0 aliphatic heterocycles. The molecule has 2 nitrogen and oxygen atoms in total. The first-order chi connectivity index (χ1) is 10.5. The van der Waals surface area contributed by atoms with E-state index in [0.29, 0.717) is 5.15 Å². The Morgan fingerprint density at radius 2 is 2.09 bits per heavy atom. The van der Waals surface area contributed by atoms with Gasteiger partial charge in [-0.1, -0.05) is 57.0 Å². The van der Waals surface area contributed by atoms with Gasteiger partial charge in [-0.3, -0.25) is 4.79 Å². The number of hydrogen-bond acceptors (Lipinski definition) is 2. The van der Waals surface area contributed by atoms with E-state index in [-0.39, 0.29) is 10.7 Å². The van der Waals surface area contributed by atoms with Crippen LogP contribution in [0.5, 0.6) is 0 Å². The van der Waals surface area contributed by atoms with E-state index >= 15 is 0 Å². The summed E-state index contributed by atoms with van der Waals surface area (Å²) in [4.78, 5) is 15.6. The minimum absolute atomic E-state index is 0.140. The maximum absolute atomic E-state index is 11.5. The number of halogens is 1. The Bertz CT molecular complexity index is 572. The lowest BCUT2D eigenvalue weighted by Crippen LogP contribution is -2.33. The smallest absolute Gasteiger partial charge is 0.151 e. The molecule has 22 heavy (non-hydrogen) atoms. The minimum atomic E-state index is 0.140. The Morgan fingerprint density at radius 3 is 2.77 bits per heavy atom. The van der Waals surface area contributed by atoms with Gasteiger partial charge >= 0.3 is 0 Å². The second-order valence-electron chi connectivity index (χ2n) is 7.76. The molecule has 2 aliphatic carbocycles. The van der Waals surface area contributed by atoms with Gasteiger partial charge in [0.15, 0.2) is 6.29 Å². The van der Waals surface area contributed by atoms with E-state index in [1.165, 1.54) is 51.4 Å². The second-order valence-corrected chi connectivity index (χ2v) is 8.15. The summed E-state index contributed by atoms with van der Waals surface area (Å²) in [5.41, 5.74) is 2.03. The van der Waals surface area contributed by atoms with Crippen molar-refractivity contribution >= 4 is 25.7 Å². The molecule has 118 valence electrons. The third-order valence-electron chi connectivity index (χ3n) is 6.17. The van der Waals surface area contributed by atoms with Gasteiger partial charge < -0.3 is 0 Å². The standard InChI is InChI=1S/C18H25BClNO/c1-13-5-3-2-4-6-18(19,10-13)17(7-8-17)15-9-16(20)21-11-14(15)12-22/h9,11-13H,2-8,10,19H2,1H3. The molecule has 0 radical (unpaired) electrons. The third-order valence-corrected chi connectivity index (χ3v) is 6.38. The van der Waals surface area contributed by atoms with Gasteiger partial charge in [0, 0.05) is 11.8 Å². The van der Waals surface area contributed by atoms with Crippen molar-refractivity contribution in [2.45, 2.75) is 69.0 Å². The maximum atomic E-state index is 11.5. The van der Waals surface area contributed by atoms with Crippen molar-refractivity contribution in [1.82, 2.24) is 4.98 Å². The van der Waals surface area contributed by atoms with Crippen LogP contribution in [0.4, 0.5) is 0 Å². The van der Waals surface area contributed by atoms with E-state index in [1.54, 1.807) is 6.20 Å². The fourth-order valence-corrected chi connectivity index (χ4v) is 5.02. The first-order valence-corrected chi connectivity index (χ1v) is 9.00. The highest BCUT2D eigenvalue weighted by atomic mass is 35.5. The first kappa shape index (κ1) is 16.0. The molecule has 2 atom stereocenters. The average molecular weight is 318 g/mol. The van der Waals surface area contributed by atoms with Gasteiger partial charge in [-0.15, -0.1) is 0 Å². The van der Waals surface area contributed by atoms with Crippen molar-refractivity contribution in [1.29, 1.82) is 0 Å². The van der Waals surface area contributed by atoms with Gasteiger partial charge in [0.05, 0.1) is 0 Å². The maximum Gasteiger partial charge on any atom is 0.151 e. The molecule has 4 heteroatoms. The van der Waals surface area contributed by atoms with Crippen molar-refractivity contribution < 1.29 is 4.79 Å². The molecular formula is C18H25BClNO. The van der Waals surface area contributed by atoms with E-state index in [0.717, 1.165) is 23.3 Å². The molecule has 0 bridgehead atoms. The number of carbonyl (C=O) groups excluding carboxylic acids is 1. The van der Waals surface area contributed by atoms with Crippen LogP contribution in [-0.2, 0) is 5.41 Å². The molecule has 2 saturated carbocycles. The first-order valence-electron chi connectivity index (χ1n) is 8.62. The number of aldehydes is 1. The summed E-state index contributed by atoms with van der Waals surface area (Å²) in [6.45, 7) is 2.39. The van der Waals surface area contributed by atoms with Crippen LogP contribution in [0.2, 0.25) is 10.5 Å². The van der Waals surface area contributed by atoms with Gasteiger partial charge in [0.2, 0.25) is 0 Å². The summed E-state index contributed by atoms with van der Waals surface area (Å²) in [5, 5.41) is 0.782. The Balaban J connectivity index is 2.01. The van der Waals surface area contributed by atoms with Crippen molar-refractivity contribution in [2.75, 3.05) is 0 Å². The largest absolute Gasteiger partial charge is 0.298 e. The Hall–Kier alpha value is -0.825. The predicted molar refractivity (Wildman–Crippen MR) is 93.6 cm³/mol. The number of carbonyl (C=O) groups is 1. The SMILES string of the molecule is BC1(C2(c3cc(Cl)ncc3C=O)CC2)CCCCCC(C)C1. The quantitative estimate of drug-likeness (QED) is 0.471. The van der Waals surface area contributed by atoms with Crippen molar-refractivity contribution in [3.8, 4) is 0 Å². The normalized spacial score (nSPS) is 31.1. The van der Waals surface area contributed by atoms with Crippen LogP contribution in [0.3, 0.4) is 0 Å². The number of aromatic nitrogens is 1. The summed E-state index contributed by atoms with van der Waals surface area (Å²) in [5.74, 6) is 0.764. The highest BCUT2D eigenvalue weighted by Crippen LogP contribution is 2.67. The van der Waals surface area contributed by atoms with Crippen LogP contribution >= 0.6 is 11.6 Å². The monoisotopic (exact) mass is 317 g/mol. The highest BCUT2D eigenvalue weighted by molar-refractivity contribution is 6.29. The van der Waals surface area contributed by atoms with Gasteiger partial charge in [0.1, 0.15) is 13.0 Å². The van der Waals surface area contributed by atoms with Crippen LogP contribution in [0.15, 0.2) is 12.3 Å². The third kappa shape index (κ3) is 2.73. The van der Waals surface area contributed by atoms with Gasteiger partial charge in [-0.2, -0.15) is 0 Å². The van der Waals surface area contributed by atoms with Crippen molar-refractivity contribution in [3.63, 3.8) is 0 Å². The summed E-state index contributed by atoms with van der Waals surface area (Å²) < 4.78 is 0. The summed E-state index contributed by atoms with van der Waals surface area (Å²) in [6.07, 6.45) is 12.8. The van der Waals surface area contributed by atoms with Crippen LogP contribution in [-0.4, -0.2) is 19.1 Å². The van der Waals surface area contributed by atoms with E-state index in [9.17, 15) is 4.79 Å². The summed E-state index contributed by atoms with van der Waals surface area (Å²) in [6, 6.07) is 1.95. The van der Waals surface area contributed by atoms with Crippen molar-refractivity contribution in [2.24, 2.45) is 5.92 Å². The van der Waals surface area contributed by atoms with Crippen molar-refractivity contribution in [3.05, 3.63) is 28.5 Å². The lowest BCUT2D eigenvalue weighted by Gasteiger charge is -2.43. The number of rotatable bonds is 3. The minimum Gasteiger partial charge on any atom is -0.298 e. The molecule has 0 aromatic carbocycles. The van der Waals surface area contributed by atoms with E-state index in [1.807, 2.05) is 6.07 Å². The molecule has 3 rings (SSSR count). The zero-order chi connectivity index (χ0) is 15.8. The number of hydrogen-bond donors (Lipinski definition) is 0. The predicted octanol–water partition coefficient (Wildman–Crippen LogP) is 4.36. The molecule has 0 saturated heterocycles. The summed E-state index contributed by atoms with van der Waals surface area (Å²) in [7, 11) is 2.45. The molecule has 0 spiro atoms. The average Bonchev–Trinajstić information content (AvgIpc) is 3.27. The molecule has 2 unspecified atom stereocenters. The lowest BCUT2D eigenvalue weighted by molar-refractivity contribution is 0.112. The molecule has 0 N–H and O–H groups in total. The zero-order valence-electron chi connectivity index (χ0n) is 13.7. The molecular weight excluding hydrogens is 292 g/mol. The molecule has 0 amide bonds. The molecule has 1 heterocycles. The van der Waals surface area contributed by atoms with Gasteiger partial charge in [-0.25, -0.2) is 4.98 Å². The molecule has 2 fully saturated rings. The highest BCUT2D eigenvalue weighted by Gasteiger charge is 2.57. The van der Waals surface area contributed by atoms with Crippen LogP contribution < -0.4 is 0 Å². The molecule has 1 aromatic rings. The Morgan fingerprint density at radius 1 is 1.32 bits per heavy atom. The summed E-state index contributed by atoms with van der Waals surface area (Å²) >= 11 is 6.15. The van der Waals surface area contributed by atoms with E-state index in [2.05, 4.69) is 19.8 Å². The number of pyridine rings is 1. The van der Waals surface area contributed by atoms with Crippen LogP contribution in [0.1, 0.15) is 74.2 Å². The fourth-order valence-electron chi connectivity index (χ4n) is 4.86. The Labute approximate surface area is 139 Å². The fraction of sp³-hybridized carbons (Fsp3) is 0.667. The molecule has 1 aromatic heterocycles. The zero-order valence-corrected chi connectivity index (χ0v) is 14.5.